The lowest BCUT2D eigenvalue weighted by Crippen LogP contribution is -2.20. The van der Waals surface area contributed by atoms with Crippen LogP contribution in [0.4, 0.5) is 0 Å². The van der Waals surface area contributed by atoms with Crippen LogP contribution in [0.25, 0.3) is 0 Å². The quantitative estimate of drug-likeness (QED) is 0.339. The number of rotatable bonds is 4. The maximum atomic E-state index is 5.63. The van der Waals surface area contributed by atoms with Crippen molar-refractivity contribution < 1.29 is 14.2 Å². The predicted octanol–water partition coefficient (Wildman–Crippen LogP) is 2.59. The van der Waals surface area contributed by atoms with Crippen LogP contribution in [0.5, 0.6) is 0 Å². The summed E-state index contributed by atoms with van der Waals surface area (Å²) in [5.41, 5.74) is 3.26. The Morgan fingerprint density at radius 1 is 1.39 bits per heavy atom. The van der Waals surface area contributed by atoms with E-state index < -0.39 is 13.9 Å². The van der Waals surface area contributed by atoms with Gasteiger partial charge in [-0.2, -0.15) is 0 Å². The van der Waals surface area contributed by atoms with Gasteiger partial charge in [-0.05, 0) is 13.8 Å². The van der Waals surface area contributed by atoms with E-state index >= 15 is 0 Å². The molecule has 0 bridgehead atoms. The molecule has 1 aliphatic rings. The Hall–Kier alpha value is -0.603. The fourth-order valence-corrected chi connectivity index (χ4v) is 2.10. The van der Waals surface area contributed by atoms with Crippen molar-refractivity contribution in [1.82, 2.24) is 0 Å². The summed E-state index contributed by atoms with van der Waals surface area (Å²) in [6, 6.07) is 0. The predicted molar refractivity (Wildman–Crippen MR) is 76.0 cm³/mol. The van der Waals surface area contributed by atoms with Crippen molar-refractivity contribution in [1.29, 1.82) is 0 Å². The highest BCUT2D eigenvalue weighted by atomic mass is 28.3. The summed E-state index contributed by atoms with van der Waals surface area (Å²) < 4.78 is 16.5. The molecule has 0 spiro atoms. The summed E-state index contributed by atoms with van der Waals surface area (Å²) in [5, 5.41) is 0. The van der Waals surface area contributed by atoms with Crippen LogP contribution in [-0.2, 0) is 14.2 Å². The van der Waals surface area contributed by atoms with Gasteiger partial charge in [-0.25, -0.2) is 0 Å². The zero-order valence-electron chi connectivity index (χ0n) is 12.1. The highest BCUT2D eigenvalue weighted by Gasteiger charge is 2.30. The van der Waals surface area contributed by atoms with E-state index in [2.05, 4.69) is 31.1 Å². The van der Waals surface area contributed by atoms with Crippen LogP contribution in [-0.4, -0.2) is 39.8 Å². The molecule has 1 aliphatic heterocycles. The van der Waals surface area contributed by atoms with E-state index in [0.29, 0.717) is 19.8 Å². The molecule has 0 radical (unpaired) electrons. The van der Waals surface area contributed by atoms with Gasteiger partial charge < -0.3 is 14.2 Å². The van der Waals surface area contributed by atoms with Crippen LogP contribution in [0.2, 0.25) is 19.6 Å². The summed E-state index contributed by atoms with van der Waals surface area (Å²) in [5.74, 6) is 2.61. The molecule has 0 saturated carbocycles. The molecule has 4 heteroatoms. The van der Waals surface area contributed by atoms with Gasteiger partial charge in [0, 0.05) is 0 Å². The average Bonchev–Trinajstić information content (AvgIpc) is 2.55. The molecule has 0 aliphatic carbocycles. The van der Waals surface area contributed by atoms with Crippen molar-refractivity contribution in [2.24, 2.45) is 0 Å². The minimum absolute atomic E-state index is 0.0386. The van der Waals surface area contributed by atoms with Gasteiger partial charge in [-0.15, -0.1) is 5.54 Å². The molecule has 0 amide bonds. The van der Waals surface area contributed by atoms with E-state index in [9.17, 15) is 0 Å². The lowest BCUT2D eigenvalue weighted by Gasteiger charge is -2.15. The molecule has 0 aromatic rings. The standard InChI is InChI=1S/C14H24O3Si/c1-14(2)16-12-13(17-14)8-6-9-15-10-7-11-18(3,4)5/h6,8,13H,9-10,12H2,1-5H3/b8-6+/t13-/m0/s1. The Kier molecular flexibility index (Phi) is 5.61. The summed E-state index contributed by atoms with van der Waals surface area (Å²) >= 11 is 0. The Morgan fingerprint density at radius 2 is 2.11 bits per heavy atom. The first-order chi connectivity index (χ1) is 8.29. The normalized spacial score (nSPS) is 23.1. The molecule has 18 heavy (non-hydrogen) atoms. The number of hydrogen-bond acceptors (Lipinski definition) is 3. The number of ether oxygens (including phenoxy) is 3. The molecule has 1 atom stereocenters. The SMILES string of the molecule is CC1(C)OC[C@H](/C=C/COCC#C[Si](C)(C)C)O1. The molecular weight excluding hydrogens is 244 g/mol. The third kappa shape index (κ3) is 6.97. The second-order valence-electron chi connectivity index (χ2n) is 5.86. The van der Waals surface area contributed by atoms with Crippen LogP contribution in [0.3, 0.4) is 0 Å². The van der Waals surface area contributed by atoms with E-state index in [1.54, 1.807) is 0 Å². The zero-order chi connectivity index (χ0) is 13.6. The molecule has 1 saturated heterocycles. The van der Waals surface area contributed by atoms with Crippen LogP contribution >= 0.6 is 0 Å². The summed E-state index contributed by atoms with van der Waals surface area (Å²) in [6.07, 6.45) is 3.99. The Balaban J connectivity index is 2.13. The largest absolute Gasteiger partial charge is 0.365 e. The van der Waals surface area contributed by atoms with Crippen LogP contribution in [0, 0.1) is 11.5 Å². The van der Waals surface area contributed by atoms with Gasteiger partial charge in [0.25, 0.3) is 0 Å². The molecule has 0 aromatic carbocycles. The van der Waals surface area contributed by atoms with E-state index in [0.717, 1.165) is 0 Å². The fourth-order valence-electron chi connectivity index (χ4n) is 1.50. The van der Waals surface area contributed by atoms with Gasteiger partial charge in [-0.3, -0.25) is 0 Å². The zero-order valence-corrected chi connectivity index (χ0v) is 13.1. The van der Waals surface area contributed by atoms with Crippen molar-refractivity contribution in [3.05, 3.63) is 12.2 Å². The third-order valence-electron chi connectivity index (χ3n) is 2.23. The first-order valence-electron chi connectivity index (χ1n) is 6.35. The maximum Gasteiger partial charge on any atom is 0.163 e. The van der Waals surface area contributed by atoms with Crippen molar-refractivity contribution in [2.45, 2.75) is 45.4 Å². The Morgan fingerprint density at radius 3 is 2.67 bits per heavy atom. The lowest BCUT2D eigenvalue weighted by molar-refractivity contribution is -0.133. The lowest BCUT2D eigenvalue weighted by atomic mass is 10.3. The average molecular weight is 268 g/mol. The molecule has 0 N–H and O–H groups in total. The van der Waals surface area contributed by atoms with Crippen LogP contribution in [0.15, 0.2) is 12.2 Å². The van der Waals surface area contributed by atoms with Gasteiger partial charge in [-0.1, -0.05) is 37.7 Å². The van der Waals surface area contributed by atoms with E-state index in [1.165, 1.54) is 0 Å². The topological polar surface area (TPSA) is 27.7 Å². The van der Waals surface area contributed by atoms with Gasteiger partial charge >= 0.3 is 0 Å². The van der Waals surface area contributed by atoms with Crippen LogP contribution in [0.1, 0.15) is 13.8 Å². The summed E-state index contributed by atoms with van der Waals surface area (Å²) in [6.45, 7) is 12.2. The smallest absolute Gasteiger partial charge is 0.163 e. The van der Waals surface area contributed by atoms with E-state index in [1.807, 2.05) is 26.0 Å². The van der Waals surface area contributed by atoms with E-state index in [4.69, 9.17) is 14.2 Å². The second kappa shape index (κ2) is 6.53. The fraction of sp³-hybridized carbons (Fsp3) is 0.714. The van der Waals surface area contributed by atoms with Gasteiger partial charge in [0.15, 0.2) is 5.79 Å². The monoisotopic (exact) mass is 268 g/mol. The Labute approximate surface area is 112 Å². The molecule has 0 unspecified atom stereocenters. The van der Waals surface area contributed by atoms with Gasteiger partial charge in [0.1, 0.15) is 20.8 Å². The molecule has 1 heterocycles. The molecule has 102 valence electrons. The van der Waals surface area contributed by atoms with Crippen molar-refractivity contribution >= 4 is 8.07 Å². The molecule has 3 nitrogen and oxygen atoms in total. The maximum absolute atomic E-state index is 5.63. The highest BCUT2D eigenvalue weighted by molar-refractivity contribution is 6.83. The minimum atomic E-state index is -1.26. The first kappa shape index (κ1) is 15.5. The van der Waals surface area contributed by atoms with E-state index in [-0.39, 0.29) is 6.10 Å². The highest BCUT2D eigenvalue weighted by Crippen LogP contribution is 2.22. The van der Waals surface area contributed by atoms with Crippen molar-refractivity contribution in [3.63, 3.8) is 0 Å². The molecule has 0 aromatic heterocycles. The molecular formula is C14H24O3Si. The summed E-state index contributed by atoms with van der Waals surface area (Å²) in [4.78, 5) is 0. The minimum Gasteiger partial charge on any atom is -0.365 e. The first-order valence-corrected chi connectivity index (χ1v) is 9.85. The van der Waals surface area contributed by atoms with Gasteiger partial charge in [0.2, 0.25) is 0 Å². The third-order valence-corrected chi connectivity index (χ3v) is 3.16. The summed E-state index contributed by atoms with van der Waals surface area (Å²) in [7, 11) is -1.26. The van der Waals surface area contributed by atoms with Crippen molar-refractivity contribution in [3.8, 4) is 11.5 Å². The van der Waals surface area contributed by atoms with Gasteiger partial charge in [0.05, 0.1) is 13.2 Å². The molecule has 1 rings (SSSR count). The number of hydrogen-bond donors (Lipinski definition) is 0. The van der Waals surface area contributed by atoms with Crippen LogP contribution < -0.4 is 0 Å². The van der Waals surface area contributed by atoms with Crippen molar-refractivity contribution in [2.75, 3.05) is 19.8 Å². The second-order valence-corrected chi connectivity index (χ2v) is 10.6. The Bertz CT molecular complexity index is 344. The molecule has 1 fully saturated rings.